The van der Waals surface area contributed by atoms with Crippen LogP contribution in [-0.2, 0) is 0 Å². The second-order valence-electron chi connectivity index (χ2n) is 5.60. The highest BCUT2D eigenvalue weighted by atomic mass is 16.2. The average Bonchev–Trinajstić information content (AvgIpc) is 3.27. The van der Waals surface area contributed by atoms with E-state index in [2.05, 4.69) is 41.6 Å². The Morgan fingerprint density at radius 3 is 2.57 bits per heavy atom. The van der Waals surface area contributed by atoms with Crippen molar-refractivity contribution in [3.63, 3.8) is 0 Å². The predicted octanol–water partition coefficient (Wildman–Crippen LogP) is 3.33. The summed E-state index contributed by atoms with van der Waals surface area (Å²) in [7, 11) is 0. The Labute approximate surface area is 124 Å². The lowest BCUT2D eigenvalue weighted by atomic mass is 10.1. The molecule has 1 saturated carbocycles. The van der Waals surface area contributed by atoms with Gasteiger partial charge in [0, 0.05) is 23.6 Å². The van der Waals surface area contributed by atoms with E-state index in [9.17, 15) is 4.79 Å². The standard InChI is InChI=1S/C17H19N3O/c1-11-3-4-14(9-12(11)2)19-15-7-8-18-16(10-15)17(21)20-13-5-6-13/h3-4,7-10,13H,5-6H2,1-2H3,(H,18,19)(H,20,21). The molecule has 4 heteroatoms. The summed E-state index contributed by atoms with van der Waals surface area (Å²) in [6, 6.07) is 10.2. The van der Waals surface area contributed by atoms with Crippen LogP contribution in [0.3, 0.4) is 0 Å². The van der Waals surface area contributed by atoms with Gasteiger partial charge in [0.25, 0.3) is 5.91 Å². The molecule has 3 rings (SSSR count). The fraction of sp³-hybridized carbons (Fsp3) is 0.294. The van der Waals surface area contributed by atoms with Gasteiger partial charge in [-0.25, -0.2) is 0 Å². The zero-order chi connectivity index (χ0) is 14.8. The number of nitrogens with one attached hydrogen (secondary N) is 2. The number of hydrogen-bond donors (Lipinski definition) is 2. The smallest absolute Gasteiger partial charge is 0.270 e. The third-order valence-electron chi connectivity index (χ3n) is 3.70. The molecule has 0 spiro atoms. The first kappa shape index (κ1) is 13.6. The van der Waals surface area contributed by atoms with Crippen molar-refractivity contribution >= 4 is 17.3 Å². The van der Waals surface area contributed by atoms with Gasteiger partial charge in [-0.2, -0.15) is 0 Å². The molecule has 0 bridgehead atoms. The Morgan fingerprint density at radius 2 is 1.86 bits per heavy atom. The van der Waals surface area contributed by atoms with Gasteiger partial charge in [-0.05, 0) is 62.1 Å². The van der Waals surface area contributed by atoms with Gasteiger partial charge >= 0.3 is 0 Å². The number of rotatable bonds is 4. The summed E-state index contributed by atoms with van der Waals surface area (Å²) in [5, 5.41) is 6.26. The molecule has 0 atom stereocenters. The van der Waals surface area contributed by atoms with Gasteiger partial charge in [0.05, 0.1) is 0 Å². The van der Waals surface area contributed by atoms with Gasteiger partial charge in [-0.1, -0.05) is 6.07 Å². The first-order chi connectivity index (χ1) is 10.1. The maximum absolute atomic E-state index is 12.0. The highest BCUT2D eigenvalue weighted by molar-refractivity contribution is 5.93. The van der Waals surface area contributed by atoms with Crippen LogP contribution < -0.4 is 10.6 Å². The van der Waals surface area contributed by atoms with E-state index >= 15 is 0 Å². The number of anilines is 2. The highest BCUT2D eigenvalue weighted by Crippen LogP contribution is 2.21. The molecule has 4 nitrogen and oxygen atoms in total. The number of pyridine rings is 1. The van der Waals surface area contributed by atoms with E-state index in [4.69, 9.17) is 0 Å². The van der Waals surface area contributed by atoms with Crippen LogP contribution in [0, 0.1) is 13.8 Å². The van der Waals surface area contributed by atoms with Crippen LogP contribution in [0.1, 0.15) is 34.5 Å². The summed E-state index contributed by atoms with van der Waals surface area (Å²) in [6.07, 6.45) is 3.81. The van der Waals surface area contributed by atoms with Crippen molar-refractivity contribution in [3.05, 3.63) is 53.3 Å². The highest BCUT2D eigenvalue weighted by Gasteiger charge is 2.24. The molecule has 0 unspecified atom stereocenters. The van der Waals surface area contributed by atoms with E-state index in [0.29, 0.717) is 11.7 Å². The van der Waals surface area contributed by atoms with E-state index in [0.717, 1.165) is 24.2 Å². The molecule has 1 aliphatic rings. The van der Waals surface area contributed by atoms with Gasteiger partial charge in [0.2, 0.25) is 0 Å². The van der Waals surface area contributed by atoms with Gasteiger partial charge in [0.1, 0.15) is 5.69 Å². The monoisotopic (exact) mass is 281 g/mol. The number of benzene rings is 1. The molecule has 1 fully saturated rings. The van der Waals surface area contributed by atoms with Crippen molar-refractivity contribution in [1.29, 1.82) is 0 Å². The summed E-state index contributed by atoms with van der Waals surface area (Å²) >= 11 is 0. The molecule has 2 N–H and O–H groups in total. The van der Waals surface area contributed by atoms with E-state index in [-0.39, 0.29) is 5.91 Å². The lowest BCUT2D eigenvalue weighted by Crippen LogP contribution is -2.26. The Balaban J connectivity index is 1.75. The minimum atomic E-state index is -0.0961. The van der Waals surface area contributed by atoms with Crippen molar-refractivity contribution in [2.24, 2.45) is 0 Å². The largest absolute Gasteiger partial charge is 0.355 e. The van der Waals surface area contributed by atoms with Crippen LogP contribution in [0.5, 0.6) is 0 Å². The number of hydrogen-bond acceptors (Lipinski definition) is 3. The molecule has 1 aromatic carbocycles. The summed E-state index contributed by atoms with van der Waals surface area (Å²) in [5.74, 6) is -0.0961. The topological polar surface area (TPSA) is 54.0 Å². The summed E-state index contributed by atoms with van der Waals surface area (Å²) < 4.78 is 0. The number of amides is 1. The minimum absolute atomic E-state index is 0.0961. The third kappa shape index (κ3) is 3.40. The molecule has 2 aromatic rings. The normalized spacial score (nSPS) is 13.8. The number of carbonyl (C=O) groups is 1. The van der Waals surface area contributed by atoms with Crippen molar-refractivity contribution in [2.45, 2.75) is 32.7 Å². The van der Waals surface area contributed by atoms with Crippen molar-refractivity contribution in [2.75, 3.05) is 5.32 Å². The van der Waals surface area contributed by atoms with Gasteiger partial charge < -0.3 is 10.6 Å². The molecular formula is C17H19N3O. The van der Waals surface area contributed by atoms with Gasteiger partial charge in [0.15, 0.2) is 0 Å². The first-order valence-electron chi connectivity index (χ1n) is 7.23. The van der Waals surface area contributed by atoms with Gasteiger partial charge in [-0.15, -0.1) is 0 Å². The van der Waals surface area contributed by atoms with E-state index in [1.807, 2.05) is 12.1 Å². The molecule has 21 heavy (non-hydrogen) atoms. The van der Waals surface area contributed by atoms with Crippen LogP contribution in [0.15, 0.2) is 36.5 Å². The van der Waals surface area contributed by atoms with Crippen LogP contribution in [0.4, 0.5) is 11.4 Å². The van der Waals surface area contributed by atoms with Crippen LogP contribution in [0.2, 0.25) is 0 Å². The molecule has 108 valence electrons. The van der Waals surface area contributed by atoms with Crippen LogP contribution in [-0.4, -0.2) is 16.9 Å². The number of aromatic nitrogens is 1. The Bertz CT molecular complexity index is 677. The summed E-state index contributed by atoms with van der Waals surface area (Å²) in [6.45, 7) is 4.17. The Kier molecular flexibility index (Phi) is 3.60. The van der Waals surface area contributed by atoms with E-state index < -0.39 is 0 Å². The zero-order valence-electron chi connectivity index (χ0n) is 12.3. The SMILES string of the molecule is Cc1ccc(Nc2ccnc(C(=O)NC3CC3)c2)cc1C. The van der Waals surface area contributed by atoms with E-state index in [1.165, 1.54) is 11.1 Å². The molecule has 1 aliphatic carbocycles. The van der Waals surface area contributed by atoms with Crippen LogP contribution in [0.25, 0.3) is 0 Å². The minimum Gasteiger partial charge on any atom is -0.355 e. The van der Waals surface area contributed by atoms with E-state index in [1.54, 1.807) is 12.3 Å². The molecule has 0 aliphatic heterocycles. The molecule has 1 amide bonds. The number of nitrogens with zero attached hydrogens (tertiary/aromatic N) is 1. The molecule has 0 radical (unpaired) electrons. The molecule has 1 aromatic heterocycles. The molecule has 1 heterocycles. The molecule has 0 saturated heterocycles. The predicted molar refractivity (Wildman–Crippen MR) is 83.9 cm³/mol. The fourth-order valence-electron chi connectivity index (χ4n) is 2.11. The second kappa shape index (κ2) is 5.56. The summed E-state index contributed by atoms with van der Waals surface area (Å²) in [5.41, 5.74) is 4.84. The quantitative estimate of drug-likeness (QED) is 0.903. The number of carbonyl (C=O) groups excluding carboxylic acids is 1. The Hall–Kier alpha value is -2.36. The lowest BCUT2D eigenvalue weighted by Gasteiger charge is -2.10. The van der Waals surface area contributed by atoms with Crippen molar-refractivity contribution in [1.82, 2.24) is 10.3 Å². The van der Waals surface area contributed by atoms with Crippen molar-refractivity contribution in [3.8, 4) is 0 Å². The maximum Gasteiger partial charge on any atom is 0.270 e. The average molecular weight is 281 g/mol. The number of aryl methyl sites for hydroxylation is 2. The van der Waals surface area contributed by atoms with Crippen LogP contribution >= 0.6 is 0 Å². The zero-order valence-corrected chi connectivity index (χ0v) is 12.3. The molecular weight excluding hydrogens is 262 g/mol. The first-order valence-corrected chi connectivity index (χ1v) is 7.23. The van der Waals surface area contributed by atoms with Crippen molar-refractivity contribution < 1.29 is 4.79 Å². The second-order valence-corrected chi connectivity index (χ2v) is 5.60. The lowest BCUT2D eigenvalue weighted by molar-refractivity contribution is 0.0946. The maximum atomic E-state index is 12.0. The Morgan fingerprint density at radius 1 is 1.10 bits per heavy atom. The van der Waals surface area contributed by atoms with Gasteiger partial charge in [-0.3, -0.25) is 9.78 Å². The fourth-order valence-corrected chi connectivity index (χ4v) is 2.11. The third-order valence-corrected chi connectivity index (χ3v) is 3.70. The summed E-state index contributed by atoms with van der Waals surface area (Å²) in [4.78, 5) is 16.1.